The molecule has 10 heteroatoms. The van der Waals surface area contributed by atoms with Gasteiger partial charge in [-0.3, -0.25) is 4.18 Å². The fourth-order valence-electron chi connectivity index (χ4n) is 3.11. The lowest BCUT2D eigenvalue weighted by atomic mass is 10.1. The van der Waals surface area contributed by atoms with Crippen molar-refractivity contribution in [1.82, 2.24) is 5.32 Å². The van der Waals surface area contributed by atoms with E-state index in [1.165, 1.54) is 33.5 Å². The molecule has 0 aromatic heterocycles. The highest BCUT2D eigenvalue weighted by atomic mass is 32.2. The van der Waals surface area contributed by atoms with E-state index in [4.69, 9.17) is 23.1 Å². The normalized spacial score (nSPS) is 12.6. The minimum atomic E-state index is -4.03. The number of ether oxygens (including phenoxy) is 4. The molecule has 34 heavy (non-hydrogen) atoms. The van der Waals surface area contributed by atoms with Crippen molar-refractivity contribution >= 4 is 16.2 Å². The maximum Gasteiger partial charge on any atom is 0.407 e. The summed E-state index contributed by atoms with van der Waals surface area (Å²) in [7, 11) is 0.453. The first-order chi connectivity index (χ1) is 15.9. The van der Waals surface area contributed by atoms with Crippen molar-refractivity contribution in [2.24, 2.45) is 0 Å². The fraction of sp³-hybridized carbons (Fsp3) is 0.458. The van der Waals surface area contributed by atoms with Crippen LogP contribution in [0.5, 0.6) is 17.2 Å². The monoisotopic (exact) mass is 495 g/mol. The van der Waals surface area contributed by atoms with Crippen LogP contribution < -0.4 is 19.5 Å². The highest BCUT2D eigenvalue weighted by molar-refractivity contribution is 7.86. The van der Waals surface area contributed by atoms with Gasteiger partial charge in [-0.05, 0) is 63.9 Å². The maximum absolute atomic E-state index is 12.7. The van der Waals surface area contributed by atoms with Crippen LogP contribution in [-0.4, -0.2) is 54.1 Å². The molecule has 0 saturated carbocycles. The summed E-state index contributed by atoms with van der Waals surface area (Å²) in [6, 6.07) is 9.02. The second-order valence-corrected chi connectivity index (χ2v) is 10.2. The van der Waals surface area contributed by atoms with E-state index in [9.17, 15) is 13.2 Å². The number of amides is 1. The van der Waals surface area contributed by atoms with Crippen LogP contribution >= 0.6 is 0 Å². The molecule has 0 saturated heterocycles. The van der Waals surface area contributed by atoms with E-state index < -0.39 is 27.9 Å². The molecule has 0 heterocycles. The SMILES string of the molecule is COc1cc(C[C@H](COS(=O)(=O)c2ccc(C)cc2)NC(=O)OC(C)(C)C)cc(OC)c1OC. The van der Waals surface area contributed by atoms with Gasteiger partial charge >= 0.3 is 6.09 Å². The number of hydrogen-bond acceptors (Lipinski definition) is 8. The van der Waals surface area contributed by atoms with Gasteiger partial charge in [-0.1, -0.05) is 17.7 Å². The molecule has 188 valence electrons. The zero-order chi connectivity index (χ0) is 25.5. The van der Waals surface area contributed by atoms with Crippen LogP contribution in [0.25, 0.3) is 0 Å². The largest absolute Gasteiger partial charge is 0.493 e. The molecule has 2 rings (SSSR count). The molecule has 1 N–H and O–H groups in total. The first kappa shape index (κ1) is 27.3. The van der Waals surface area contributed by atoms with Gasteiger partial charge in [-0.15, -0.1) is 0 Å². The summed E-state index contributed by atoms with van der Waals surface area (Å²) in [5, 5.41) is 2.70. The van der Waals surface area contributed by atoms with Gasteiger partial charge in [0.25, 0.3) is 10.1 Å². The average Bonchev–Trinajstić information content (AvgIpc) is 2.75. The predicted molar refractivity (Wildman–Crippen MR) is 127 cm³/mol. The van der Waals surface area contributed by atoms with Crippen molar-refractivity contribution in [3.63, 3.8) is 0 Å². The smallest absolute Gasteiger partial charge is 0.407 e. The quantitative estimate of drug-likeness (QED) is 0.495. The summed E-state index contributed by atoms with van der Waals surface area (Å²) in [6.45, 7) is 6.75. The van der Waals surface area contributed by atoms with Crippen LogP contribution in [0.15, 0.2) is 41.3 Å². The van der Waals surface area contributed by atoms with Gasteiger partial charge in [-0.25, -0.2) is 4.79 Å². The number of alkyl carbamates (subject to hydrolysis) is 1. The van der Waals surface area contributed by atoms with Gasteiger partial charge in [0.15, 0.2) is 11.5 Å². The second kappa shape index (κ2) is 11.4. The van der Waals surface area contributed by atoms with E-state index in [2.05, 4.69) is 5.32 Å². The van der Waals surface area contributed by atoms with Crippen LogP contribution in [0, 0.1) is 6.92 Å². The van der Waals surface area contributed by atoms with E-state index in [-0.39, 0.29) is 17.9 Å². The van der Waals surface area contributed by atoms with Crippen molar-refractivity contribution < 1.29 is 36.3 Å². The van der Waals surface area contributed by atoms with Gasteiger partial charge in [0, 0.05) is 0 Å². The van der Waals surface area contributed by atoms with Gasteiger partial charge in [-0.2, -0.15) is 8.42 Å². The zero-order valence-corrected chi connectivity index (χ0v) is 21.4. The lowest BCUT2D eigenvalue weighted by Crippen LogP contribution is -2.43. The average molecular weight is 496 g/mol. The Labute approximate surface area is 201 Å². The van der Waals surface area contributed by atoms with E-state index >= 15 is 0 Å². The Balaban J connectivity index is 2.29. The van der Waals surface area contributed by atoms with Gasteiger partial charge in [0.1, 0.15) is 5.60 Å². The summed E-state index contributed by atoms with van der Waals surface area (Å²) in [5.41, 5.74) is 0.897. The molecular weight excluding hydrogens is 462 g/mol. The minimum Gasteiger partial charge on any atom is -0.493 e. The van der Waals surface area contributed by atoms with E-state index in [0.717, 1.165) is 5.56 Å². The molecule has 0 unspecified atom stereocenters. The number of benzene rings is 2. The van der Waals surface area contributed by atoms with Crippen molar-refractivity contribution in [2.75, 3.05) is 27.9 Å². The molecule has 9 nitrogen and oxygen atoms in total. The molecule has 2 aromatic carbocycles. The number of nitrogens with one attached hydrogen (secondary N) is 1. The van der Waals surface area contributed by atoms with E-state index in [0.29, 0.717) is 22.8 Å². The summed E-state index contributed by atoms with van der Waals surface area (Å²) in [4.78, 5) is 12.5. The molecule has 0 aliphatic rings. The van der Waals surface area contributed by atoms with Gasteiger partial charge in [0.2, 0.25) is 5.75 Å². The number of carbonyl (C=O) groups excluding carboxylic acids is 1. The number of carbonyl (C=O) groups is 1. The molecule has 0 spiro atoms. The van der Waals surface area contributed by atoms with Gasteiger partial charge < -0.3 is 24.3 Å². The molecule has 2 aromatic rings. The Kier molecular flexibility index (Phi) is 9.17. The molecule has 1 atom stereocenters. The highest BCUT2D eigenvalue weighted by Gasteiger charge is 2.24. The van der Waals surface area contributed by atoms with Crippen molar-refractivity contribution in [3.05, 3.63) is 47.5 Å². The number of rotatable bonds is 10. The molecule has 0 bridgehead atoms. The van der Waals surface area contributed by atoms with E-state index in [1.54, 1.807) is 45.0 Å². The van der Waals surface area contributed by atoms with Crippen LogP contribution in [0.2, 0.25) is 0 Å². The summed E-state index contributed by atoms with van der Waals surface area (Å²) in [6.07, 6.45) is -0.486. The third-order valence-electron chi connectivity index (χ3n) is 4.66. The van der Waals surface area contributed by atoms with Crippen LogP contribution in [0.3, 0.4) is 0 Å². The Morgan fingerprint density at radius 2 is 1.53 bits per heavy atom. The lowest BCUT2D eigenvalue weighted by molar-refractivity contribution is 0.0488. The van der Waals surface area contributed by atoms with Crippen LogP contribution in [-0.2, 0) is 25.5 Å². The molecule has 0 radical (unpaired) electrons. The van der Waals surface area contributed by atoms with Crippen molar-refractivity contribution in [3.8, 4) is 17.2 Å². The molecule has 0 fully saturated rings. The van der Waals surface area contributed by atoms with Crippen LogP contribution in [0.4, 0.5) is 4.79 Å². The Bertz CT molecular complexity index is 1050. The number of hydrogen-bond donors (Lipinski definition) is 1. The van der Waals surface area contributed by atoms with Crippen LogP contribution in [0.1, 0.15) is 31.9 Å². The third-order valence-corrected chi connectivity index (χ3v) is 5.96. The lowest BCUT2D eigenvalue weighted by Gasteiger charge is -2.24. The fourth-order valence-corrected chi connectivity index (χ4v) is 4.06. The Morgan fingerprint density at radius 1 is 0.971 bits per heavy atom. The number of aryl methyl sites for hydroxylation is 1. The van der Waals surface area contributed by atoms with E-state index in [1.807, 2.05) is 6.92 Å². The first-order valence-electron chi connectivity index (χ1n) is 10.6. The predicted octanol–water partition coefficient (Wildman–Crippen LogP) is 3.86. The number of methoxy groups -OCH3 is 3. The summed E-state index contributed by atoms with van der Waals surface area (Å²) >= 11 is 0. The Morgan fingerprint density at radius 3 is 2.00 bits per heavy atom. The topological polar surface area (TPSA) is 109 Å². The second-order valence-electron chi connectivity index (χ2n) is 8.63. The van der Waals surface area contributed by atoms with Crippen molar-refractivity contribution in [1.29, 1.82) is 0 Å². The molecule has 0 aliphatic heterocycles. The first-order valence-corrected chi connectivity index (χ1v) is 12.0. The summed E-state index contributed by atoms with van der Waals surface area (Å²) < 4.78 is 52.1. The van der Waals surface area contributed by atoms with Gasteiger partial charge in [0.05, 0.1) is 38.9 Å². The molecule has 0 aliphatic carbocycles. The third kappa shape index (κ3) is 7.81. The summed E-state index contributed by atoms with van der Waals surface area (Å²) in [5.74, 6) is 1.28. The Hall–Kier alpha value is -2.98. The molecule has 1 amide bonds. The maximum atomic E-state index is 12.7. The van der Waals surface area contributed by atoms with Crippen molar-refractivity contribution in [2.45, 2.75) is 50.7 Å². The minimum absolute atomic E-state index is 0.0295. The molecular formula is C24H33NO8S. The highest BCUT2D eigenvalue weighted by Crippen LogP contribution is 2.38. The standard InChI is InChI=1S/C24H33NO8S/c1-16-8-10-19(11-9-16)34(27,28)32-15-18(25-23(26)33-24(2,3)4)12-17-13-20(29-5)22(31-7)21(14-17)30-6/h8-11,13-14,18H,12,15H2,1-7H3,(H,25,26)/t18-/m1/s1. The zero-order valence-electron chi connectivity index (χ0n) is 20.6.